The molecule has 0 fully saturated rings. The summed E-state index contributed by atoms with van der Waals surface area (Å²) in [7, 11) is 1.98. The van der Waals surface area contributed by atoms with Gasteiger partial charge in [0.05, 0.1) is 0 Å². The quantitative estimate of drug-likeness (QED) is 0.813. The van der Waals surface area contributed by atoms with Gasteiger partial charge in [0.15, 0.2) is 6.29 Å². The topological polar surface area (TPSA) is 33.2 Å². The number of carbonyl (C=O) groups is 1. The molecule has 0 aliphatic heterocycles. The Balaban J connectivity index is 2.11. The highest BCUT2D eigenvalue weighted by molar-refractivity contribution is 9.10. The van der Waals surface area contributed by atoms with Crippen molar-refractivity contribution in [3.05, 3.63) is 58.2 Å². The number of benzene rings is 1. The summed E-state index contributed by atoms with van der Waals surface area (Å²) in [4.78, 5) is 16.8. The van der Waals surface area contributed by atoms with E-state index in [1.807, 2.05) is 30.1 Å². The molecule has 0 N–H and O–H groups in total. The molecule has 0 atom stereocenters. The predicted octanol–water partition coefficient (Wildman–Crippen LogP) is 3.29. The Morgan fingerprint density at radius 3 is 2.78 bits per heavy atom. The largest absolute Gasteiger partial charge is 0.355 e. The average molecular weight is 305 g/mol. The van der Waals surface area contributed by atoms with Gasteiger partial charge in [0, 0.05) is 29.8 Å². The van der Waals surface area contributed by atoms with Gasteiger partial charge in [-0.3, -0.25) is 4.79 Å². The zero-order chi connectivity index (χ0) is 13.0. The molecule has 0 amide bonds. The first-order valence-corrected chi connectivity index (χ1v) is 6.35. The van der Waals surface area contributed by atoms with Crippen molar-refractivity contribution in [2.75, 3.05) is 11.9 Å². The number of aldehydes is 1. The van der Waals surface area contributed by atoms with Gasteiger partial charge in [0.2, 0.25) is 0 Å². The maximum Gasteiger partial charge on any atom is 0.151 e. The minimum Gasteiger partial charge on any atom is -0.355 e. The summed E-state index contributed by atoms with van der Waals surface area (Å²) in [5, 5.41) is 0. The molecular weight excluding hydrogens is 292 g/mol. The van der Waals surface area contributed by atoms with Crippen LogP contribution in [0.15, 0.2) is 47.1 Å². The smallest absolute Gasteiger partial charge is 0.151 e. The van der Waals surface area contributed by atoms with Crippen molar-refractivity contribution < 1.29 is 4.79 Å². The maximum atomic E-state index is 10.6. The van der Waals surface area contributed by atoms with Gasteiger partial charge in [-0.25, -0.2) is 4.98 Å². The van der Waals surface area contributed by atoms with Gasteiger partial charge in [-0.1, -0.05) is 28.1 Å². The van der Waals surface area contributed by atoms with E-state index in [1.54, 1.807) is 12.3 Å². The highest BCUT2D eigenvalue weighted by Crippen LogP contribution is 2.16. The fraction of sp³-hybridized carbons (Fsp3) is 0.143. The number of pyridine rings is 1. The summed E-state index contributed by atoms with van der Waals surface area (Å²) in [6.45, 7) is 0.771. The van der Waals surface area contributed by atoms with E-state index in [4.69, 9.17) is 0 Å². The lowest BCUT2D eigenvalue weighted by molar-refractivity contribution is 0.112. The van der Waals surface area contributed by atoms with Crippen LogP contribution in [-0.4, -0.2) is 18.3 Å². The van der Waals surface area contributed by atoms with Crippen LogP contribution in [-0.2, 0) is 6.54 Å². The highest BCUT2D eigenvalue weighted by atomic mass is 79.9. The molecule has 1 aromatic carbocycles. The summed E-state index contributed by atoms with van der Waals surface area (Å²) in [6.07, 6.45) is 2.38. The van der Waals surface area contributed by atoms with E-state index in [2.05, 4.69) is 33.0 Å². The molecule has 0 bridgehead atoms. The molecule has 2 aromatic rings. The third-order valence-corrected chi connectivity index (χ3v) is 3.10. The zero-order valence-corrected chi connectivity index (χ0v) is 11.6. The van der Waals surface area contributed by atoms with Gasteiger partial charge in [0.1, 0.15) is 5.82 Å². The van der Waals surface area contributed by atoms with Crippen molar-refractivity contribution in [3.8, 4) is 0 Å². The summed E-state index contributed by atoms with van der Waals surface area (Å²) < 4.78 is 1.07. The van der Waals surface area contributed by atoms with Crippen LogP contribution in [0.25, 0.3) is 0 Å². The lowest BCUT2D eigenvalue weighted by Crippen LogP contribution is -2.17. The number of hydrogen-bond donors (Lipinski definition) is 0. The second kappa shape index (κ2) is 5.78. The maximum absolute atomic E-state index is 10.6. The molecule has 0 saturated carbocycles. The first-order chi connectivity index (χ1) is 8.69. The number of carbonyl (C=O) groups excluding carboxylic acids is 1. The van der Waals surface area contributed by atoms with Crippen molar-refractivity contribution in [1.29, 1.82) is 0 Å². The third kappa shape index (κ3) is 3.17. The van der Waals surface area contributed by atoms with Crippen molar-refractivity contribution in [2.45, 2.75) is 6.54 Å². The Kier molecular flexibility index (Phi) is 4.10. The van der Waals surface area contributed by atoms with Gasteiger partial charge < -0.3 is 4.90 Å². The highest BCUT2D eigenvalue weighted by Gasteiger charge is 2.04. The predicted molar refractivity (Wildman–Crippen MR) is 75.9 cm³/mol. The average Bonchev–Trinajstić information content (AvgIpc) is 2.39. The minimum atomic E-state index is 0.592. The Labute approximate surface area is 115 Å². The molecule has 1 aromatic heterocycles. The van der Waals surface area contributed by atoms with Gasteiger partial charge in [-0.2, -0.15) is 0 Å². The molecule has 4 heteroatoms. The van der Waals surface area contributed by atoms with E-state index in [1.165, 1.54) is 5.56 Å². The van der Waals surface area contributed by atoms with E-state index >= 15 is 0 Å². The van der Waals surface area contributed by atoms with Crippen molar-refractivity contribution >= 4 is 28.0 Å². The molecule has 0 saturated heterocycles. The molecular formula is C14H13BrN2O. The fourth-order valence-electron chi connectivity index (χ4n) is 1.68. The number of halogens is 1. The SMILES string of the molecule is CN(Cc1cccc(Br)c1)c1ccc(C=O)cn1. The number of aromatic nitrogens is 1. The van der Waals surface area contributed by atoms with E-state index in [0.29, 0.717) is 5.56 Å². The van der Waals surface area contributed by atoms with E-state index in [0.717, 1.165) is 23.1 Å². The van der Waals surface area contributed by atoms with Crippen LogP contribution in [0.1, 0.15) is 15.9 Å². The molecule has 2 rings (SSSR count). The van der Waals surface area contributed by atoms with Crippen LogP contribution < -0.4 is 4.90 Å². The van der Waals surface area contributed by atoms with Crippen LogP contribution in [0.2, 0.25) is 0 Å². The Morgan fingerprint density at radius 2 is 2.17 bits per heavy atom. The van der Waals surface area contributed by atoms with Crippen LogP contribution in [0.5, 0.6) is 0 Å². The second-order valence-corrected chi connectivity index (χ2v) is 4.97. The van der Waals surface area contributed by atoms with Crippen LogP contribution in [0, 0.1) is 0 Å². The van der Waals surface area contributed by atoms with Gasteiger partial charge in [0.25, 0.3) is 0 Å². The third-order valence-electron chi connectivity index (χ3n) is 2.61. The van der Waals surface area contributed by atoms with E-state index in [9.17, 15) is 4.79 Å². The van der Waals surface area contributed by atoms with Gasteiger partial charge in [-0.15, -0.1) is 0 Å². The monoisotopic (exact) mass is 304 g/mol. The van der Waals surface area contributed by atoms with Crippen molar-refractivity contribution in [3.63, 3.8) is 0 Å². The van der Waals surface area contributed by atoms with E-state index in [-0.39, 0.29) is 0 Å². The first kappa shape index (κ1) is 12.8. The van der Waals surface area contributed by atoms with Crippen LogP contribution >= 0.6 is 15.9 Å². The minimum absolute atomic E-state index is 0.592. The number of nitrogens with zero attached hydrogens (tertiary/aromatic N) is 2. The van der Waals surface area contributed by atoms with Crippen molar-refractivity contribution in [1.82, 2.24) is 4.98 Å². The number of anilines is 1. The summed E-state index contributed by atoms with van der Waals surface area (Å²) >= 11 is 3.45. The summed E-state index contributed by atoms with van der Waals surface area (Å²) in [6, 6.07) is 11.8. The normalized spacial score (nSPS) is 10.1. The summed E-state index contributed by atoms with van der Waals surface area (Å²) in [5.74, 6) is 0.848. The molecule has 18 heavy (non-hydrogen) atoms. The second-order valence-electron chi connectivity index (χ2n) is 4.05. The molecule has 0 aliphatic rings. The molecule has 0 spiro atoms. The standard InChI is InChI=1S/C14H13BrN2O/c1-17(9-11-3-2-4-13(15)7-11)14-6-5-12(10-18)8-16-14/h2-8,10H,9H2,1H3. The van der Waals surface area contributed by atoms with Gasteiger partial charge in [-0.05, 0) is 29.8 Å². The lowest BCUT2D eigenvalue weighted by atomic mass is 10.2. The Hall–Kier alpha value is -1.68. The molecule has 0 radical (unpaired) electrons. The molecule has 1 heterocycles. The van der Waals surface area contributed by atoms with Crippen LogP contribution in [0.4, 0.5) is 5.82 Å². The van der Waals surface area contributed by atoms with Crippen molar-refractivity contribution in [2.24, 2.45) is 0 Å². The molecule has 92 valence electrons. The Morgan fingerprint density at radius 1 is 1.33 bits per heavy atom. The molecule has 0 aliphatic carbocycles. The molecule has 3 nitrogen and oxygen atoms in total. The summed E-state index contributed by atoms with van der Waals surface area (Å²) in [5.41, 5.74) is 1.79. The fourth-order valence-corrected chi connectivity index (χ4v) is 2.13. The van der Waals surface area contributed by atoms with Crippen LogP contribution in [0.3, 0.4) is 0 Å². The Bertz CT molecular complexity index is 540. The molecule has 0 unspecified atom stereocenters. The lowest BCUT2D eigenvalue weighted by Gasteiger charge is -2.18. The van der Waals surface area contributed by atoms with E-state index < -0.39 is 0 Å². The number of hydrogen-bond acceptors (Lipinski definition) is 3. The first-order valence-electron chi connectivity index (χ1n) is 5.56. The number of rotatable bonds is 4. The van der Waals surface area contributed by atoms with Gasteiger partial charge >= 0.3 is 0 Å². The zero-order valence-electron chi connectivity index (χ0n) is 10.0.